The molecule has 2 aliphatic rings. The van der Waals surface area contributed by atoms with Crippen LogP contribution in [0.4, 0.5) is 15.1 Å². The van der Waals surface area contributed by atoms with Gasteiger partial charge in [-0.05, 0) is 55.5 Å². The first-order valence-corrected chi connectivity index (χ1v) is 23.5. The Labute approximate surface area is 347 Å². The topological polar surface area (TPSA) is 179 Å². The van der Waals surface area contributed by atoms with Gasteiger partial charge < -0.3 is 33.2 Å². The Morgan fingerprint density at radius 3 is 2.26 bits per heavy atom. The molecule has 0 N–H and O–H groups in total. The van der Waals surface area contributed by atoms with Crippen LogP contribution in [0.3, 0.4) is 0 Å². The maximum absolute atomic E-state index is 13.8. The number of carbonyl (C=O) groups is 3. The maximum Gasteiger partial charge on any atom is 0.508 e. The first kappa shape index (κ1) is 47.2. The molecule has 19 heteroatoms. The third kappa shape index (κ3) is 16.6. The summed E-state index contributed by atoms with van der Waals surface area (Å²) in [6.45, 7) is 5.56. The number of sulfonamides is 1. The van der Waals surface area contributed by atoms with E-state index >= 15 is 0 Å². The normalized spacial score (nSPS) is 18.4. The number of unbranched alkanes of at least 4 members (excludes halogenated alkanes) is 1. The van der Waals surface area contributed by atoms with Crippen molar-refractivity contribution in [1.82, 2.24) is 9.97 Å². The van der Waals surface area contributed by atoms with E-state index in [4.69, 9.17) is 33.2 Å². The van der Waals surface area contributed by atoms with Crippen molar-refractivity contribution in [3.8, 4) is 11.3 Å². The van der Waals surface area contributed by atoms with E-state index in [1.165, 1.54) is 43.5 Å². The Kier molecular flexibility index (Phi) is 20.0. The van der Waals surface area contributed by atoms with Crippen LogP contribution in [0.25, 0.3) is 17.3 Å². The summed E-state index contributed by atoms with van der Waals surface area (Å²) in [5, 5.41) is 0.724. The highest BCUT2D eigenvalue weighted by atomic mass is 33.1. The van der Waals surface area contributed by atoms with Gasteiger partial charge in [-0.25, -0.2) is 31.9 Å². The minimum atomic E-state index is -3.70. The summed E-state index contributed by atoms with van der Waals surface area (Å²) in [5.74, 6) is -0.249. The number of anilines is 1. The SMILES string of the molecule is CC(C)c1nc(N(C)S(C)(=O)=O)nc(-c2ccc(F)cc2)c1C=CC1CC(OC(=O)OCCOCCOCCOCCOC(=O)CCCCC2CCSS2)CC(=O)O1. The van der Waals surface area contributed by atoms with Gasteiger partial charge in [-0.2, -0.15) is 0 Å². The zero-order valence-corrected chi connectivity index (χ0v) is 35.9. The molecule has 3 unspecified atom stereocenters. The van der Waals surface area contributed by atoms with Gasteiger partial charge >= 0.3 is 18.1 Å². The average Bonchev–Trinajstić information content (AvgIpc) is 3.70. The summed E-state index contributed by atoms with van der Waals surface area (Å²) in [5.41, 5.74) is 1.90. The fourth-order valence-corrected chi connectivity index (χ4v) is 9.19. The lowest BCUT2D eigenvalue weighted by atomic mass is 9.97. The largest absolute Gasteiger partial charge is 0.508 e. The molecule has 1 aromatic heterocycles. The van der Waals surface area contributed by atoms with E-state index in [9.17, 15) is 27.2 Å². The summed E-state index contributed by atoms with van der Waals surface area (Å²) >= 11 is 0. The third-order valence-corrected chi connectivity index (χ3v) is 13.1. The van der Waals surface area contributed by atoms with Gasteiger partial charge in [0.25, 0.3) is 0 Å². The van der Waals surface area contributed by atoms with E-state index in [1.54, 1.807) is 12.2 Å². The number of ether oxygens (including phenoxy) is 7. The smallest absolute Gasteiger partial charge is 0.463 e. The molecule has 322 valence electrons. The molecular formula is C39H54FN3O12S3. The van der Waals surface area contributed by atoms with Gasteiger partial charge in [-0.3, -0.25) is 9.59 Å². The van der Waals surface area contributed by atoms with Crippen LogP contribution < -0.4 is 4.31 Å². The lowest BCUT2D eigenvalue weighted by Crippen LogP contribution is -2.34. The van der Waals surface area contributed by atoms with Crippen molar-refractivity contribution in [3.63, 3.8) is 0 Å². The zero-order chi connectivity index (χ0) is 41.9. The molecule has 0 bridgehead atoms. The standard InChI is InChI=1S/C39H54FN3O12S3/c1-27(2)36-33(37(28-9-11-29(40)12-10-28)42-38(41-36)43(3)58(4,47)48)14-13-30-25-31(26-35(45)54-30)55-39(46)53-23-21-51-19-17-49-16-18-50-20-22-52-34(44)8-6-5-7-32-15-24-56-57-32/h9-14,27,30-32H,5-8,15-26H2,1-4H3. The number of hydrogen-bond acceptors (Lipinski definition) is 16. The molecule has 2 saturated heterocycles. The van der Waals surface area contributed by atoms with Crippen LogP contribution in [0.5, 0.6) is 0 Å². The Bertz CT molecular complexity index is 1760. The lowest BCUT2D eigenvalue weighted by molar-refractivity contribution is -0.157. The first-order chi connectivity index (χ1) is 27.8. The molecule has 2 aromatic rings. The Morgan fingerprint density at radius 2 is 1.64 bits per heavy atom. The molecule has 3 heterocycles. The van der Waals surface area contributed by atoms with Crippen LogP contribution in [-0.2, 0) is 52.8 Å². The van der Waals surface area contributed by atoms with E-state index in [0.29, 0.717) is 55.4 Å². The summed E-state index contributed by atoms with van der Waals surface area (Å²) in [6.07, 6.45) is 6.51. The third-order valence-electron chi connectivity index (χ3n) is 8.89. The van der Waals surface area contributed by atoms with Crippen LogP contribution in [0, 0.1) is 5.82 Å². The predicted octanol–water partition coefficient (Wildman–Crippen LogP) is 6.35. The molecule has 0 radical (unpaired) electrons. The molecule has 4 rings (SSSR count). The van der Waals surface area contributed by atoms with Crippen molar-refractivity contribution in [1.29, 1.82) is 0 Å². The van der Waals surface area contributed by atoms with Crippen molar-refractivity contribution < 1.29 is 60.3 Å². The van der Waals surface area contributed by atoms with E-state index in [2.05, 4.69) is 9.97 Å². The van der Waals surface area contributed by atoms with E-state index in [1.807, 2.05) is 35.4 Å². The van der Waals surface area contributed by atoms with Crippen LogP contribution >= 0.6 is 21.6 Å². The van der Waals surface area contributed by atoms with Gasteiger partial charge in [-0.15, -0.1) is 0 Å². The number of hydrogen-bond donors (Lipinski definition) is 0. The maximum atomic E-state index is 13.8. The minimum Gasteiger partial charge on any atom is -0.463 e. The number of cyclic esters (lactones) is 1. The number of rotatable bonds is 24. The van der Waals surface area contributed by atoms with Crippen LogP contribution in [0.15, 0.2) is 30.3 Å². The lowest BCUT2D eigenvalue weighted by Gasteiger charge is -2.26. The van der Waals surface area contributed by atoms with Crippen LogP contribution in [0.2, 0.25) is 0 Å². The average molecular weight is 872 g/mol. The van der Waals surface area contributed by atoms with Gasteiger partial charge in [-0.1, -0.05) is 47.9 Å². The minimum absolute atomic E-state index is 0.0552. The van der Waals surface area contributed by atoms with Crippen LogP contribution in [-0.4, -0.2) is 126 Å². The number of aromatic nitrogens is 2. The summed E-state index contributed by atoms with van der Waals surface area (Å²) in [4.78, 5) is 45.8. The summed E-state index contributed by atoms with van der Waals surface area (Å²) in [6, 6.07) is 5.59. The Morgan fingerprint density at radius 1 is 0.983 bits per heavy atom. The first-order valence-electron chi connectivity index (χ1n) is 19.3. The molecule has 2 fully saturated rings. The van der Waals surface area contributed by atoms with Crippen LogP contribution in [0.1, 0.15) is 76.0 Å². The highest BCUT2D eigenvalue weighted by Gasteiger charge is 2.31. The highest BCUT2D eigenvalue weighted by Crippen LogP contribution is 2.40. The van der Waals surface area contributed by atoms with E-state index in [-0.39, 0.29) is 57.1 Å². The highest BCUT2D eigenvalue weighted by molar-refractivity contribution is 8.77. The van der Waals surface area contributed by atoms with E-state index < -0.39 is 40.2 Å². The second-order valence-corrected chi connectivity index (χ2v) is 18.7. The summed E-state index contributed by atoms with van der Waals surface area (Å²) < 4.78 is 77.0. The summed E-state index contributed by atoms with van der Waals surface area (Å²) in [7, 11) is 1.53. The van der Waals surface area contributed by atoms with Crippen molar-refractivity contribution in [3.05, 3.63) is 47.4 Å². The van der Waals surface area contributed by atoms with Crippen molar-refractivity contribution in [2.75, 3.05) is 76.2 Å². The fraction of sp³-hybridized carbons (Fsp3) is 0.615. The molecule has 0 amide bonds. The molecule has 58 heavy (non-hydrogen) atoms. The Hall–Kier alpha value is -3.49. The number of esters is 2. The van der Waals surface area contributed by atoms with Gasteiger partial charge in [0.05, 0.1) is 63.7 Å². The molecule has 0 aliphatic carbocycles. The van der Waals surface area contributed by atoms with Gasteiger partial charge in [0, 0.05) is 42.0 Å². The van der Waals surface area contributed by atoms with Crippen molar-refractivity contribution in [2.45, 2.75) is 82.2 Å². The van der Waals surface area contributed by atoms with E-state index in [0.717, 1.165) is 35.1 Å². The molecule has 0 saturated carbocycles. The number of halogens is 1. The molecule has 3 atom stereocenters. The number of carbonyl (C=O) groups excluding carboxylic acids is 3. The second-order valence-electron chi connectivity index (χ2n) is 13.9. The quantitative estimate of drug-likeness (QED) is 0.0493. The molecule has 1 aromatic carbocycles. The second kappa shape index (κ2) is 24.6. The number of benzene rings is 1. The molecule has 2 aliphatic heterocycles. The number of nitrogens with zero attached hydrogens (tertiary/aromatic N) is 3. The Balaban J connectivity index is 1.13. The fourth-order valence-electron chi connectivity index (χ4n) is 5.79. The predicted molar refractivity (Wildman–Crippen MR) is 219 cm³/mol. The molecule has 0 spiro atoms. The molecular weight excluding hydrogens is 818 g/mol. The van der Waals surface area contributed by atoms with Crippen molar-refractivity contribution >= 4 is 61.7 Å². The van der Waals surface area contributed by atoms with Gasteiger partial charge in [0.15, 0.2) is 0 Å². The molecule has 15 nitrogen and oxygen atoms in total. The van der Waals surface area contributed by atoms with Gasteiger partial charge in [0.1, 0.15) is 31.2 Å². The van der Waals surface area contributed by atoms with Crippen molar-refractivity contribution in [2.24, 2.45) is 0 Å². The monoisotopic (exact) mass is 871 g/mol. The zero-order valence-electron chi connectivity index (χ0n) is 33.4. The van der Waals surface area contributed by atoms with Gasteiger partial charge in [0.2, 0.25) is 16.0 Å².